The Labute approximate surface area is 111 Å². The van der Waals surface area contributed by atoms with Crippen LogP contribution in [0.4, 0.5) is 0 Å². The summed E-state index contributed by atoms with van der Waals surface area (Å²) < 4.78 is 0. The lowest BCUT2D eigenvalue weighted by molar-refractivity contribution is -0.123. The monoisotopic (exact) mass is 255 g/mol. The van der Waals surface area contributed by atoms with E-state index in [4.69, 9.17) is 0 Å². The first-order valence-corrected chi connectivity index (χ1v) is 7.29. The molecule has 1 rings (SSSR count). The molecule has 4 heteroatoms. The Morgan fingerprint density at radius 2 is 2.11 bits per heavy atom. The molecule has 106 valence electrons. The van der Waals surface area contributed by atoms with Crippen LogP contribution in [0.5, 0.6) is 0 Å². The zero-order valence-electron chi connectivity index (χ0n) is 12.3. The van der Waals surface area contributed by atoms with Gasteiger partial charge in [0.05, 0.1) is 6.54 Å². The summed E-state index contributed by atoms with van der Waals surface area (Å²) in [7, 11) is 2.00. The van der Waals surface area contributed by atoms with Gasteiger partial charge in [0.25, 0.3) is 0 Å². The van der Waals surface area contributed by atoms with Crippen molar-refractivity contribution >= 4 is 5.91 Å². The molecule has 3 atom stereocenters. The summed E-state index contributed by atoms with van der Waals surface area (Å²) >= 11 is 0. The van der Waals surface area contributed by atoms with Crippen molar-refractivity contribution in [3.05, 3.63) is 0 Å². The highest BCUT2D eigenvalue weighted by Gasteiger charge is 2.27. The molecule has 0 aromatic rings. The minimum Gasteiger partial charge on any atom is -0.353 e. The summed E-state index contributed by atoms with van der Waals surface area (Å²) in [6.07, 6.45) is 4.67. The van der Waals surface area contributed by atoms with E-state index >= 15 is 0 Å². The number of likely N-dealkylation sites (N-methyl/N-ethyl adjacent to an activating group) is 1. The van der Waals surface area contributed by atoms with Crippen molar-refractivity contribution in [1.82, 2.24) is 15.5 Å². The van der Waals surface area contributed by atoms with Crippen molar-refractivity contribution < 1.29 is 4.79 Å². The van der Waals surface area contributed by atoms with Gasteiger partial charge >= 0.3 is 0 Å². The lowest BCUT2D eigenvalue weighted by Crippen LogP contribution is -2.53. The summed E-state index contributed by atoms with van der Waals surface area (Å²) in [5.41, 5.74) is 0. The van der Waals surface area contributed by atoms with Crippen LogP contribution < -0.4 is 10.6 Å². The summed E-state index contributed by atoms with van der Waals surface area (Å²) in [6, 6.07) is 1.22. The van der Waals surface area contributed by atoms with Crippen LogP contribution >= 0.6 is 0 Å². The molecule has 18 heavy (non-hydrogen) atoms. The van der Waals surface area contributed by atoms with Crippen LogP contribution in [0.15, 0.2) is 0 Å². The third-order valence-electron chi connectivity index (χ3n) is 4.06. The predicted molar refractivity (Wildman–Crippen MR) is 75.6 cm³/mol. The number of rotatable bonds is 6. The van der Waals surface area contributed by atoms with Gasteiger partial charge in [-0.1, -0.05) is 13.3 Å². The van der Waals surface area contributed by atoms with E-state index in [0.717, 1.165) is 13.0 Å². The number of nitrogens with one attached hydrogen (secondary N) is 2. The van der Waals surface area contributed by atoms with Gasteiger partial charge in [-0.05, 0) is 46.7 Å². The standard InChI is InChI=1S/C14H29N3O/c1-5-11(2)16-14(18)10-17-9-7-6-8-13(17)12(3)15-4/h11-13,15H,5-10H2,1-4H3,(H,16,18). The lowest BCUT2D eigenvalue weighted by Gasteiger charge is -2.38. The largest absolute Gasteiger partial charge is 0.353 e. The highest BCUT2D eigenvalue weighted by atomic mass is 16.2. The van der Waals surface area contributed by atoms with Gasteiger partial charge in [-0.15, -0.1) is 0 Å². The molecule has 4 nitrogen and oxygen atoms in total. The van der Waals surface area contributed by atoms with Gasteiger partial charge in [-0.3, -0.25) is 9.69 Å². The van der Waals surface area contributed by atoms with E-state index < -0.39 is 0 Å². The molecule has 1 aliphatic rings. The number of amides is 1. The number of carbonyl (C=O) groups is 1. The van der Waals surface area contributed by atoms with E-state index in [0.29, 0.717) is 18.6 Å². The maximum Gasteiger partial charge on any atom is 0.234 e. The highest BCUT2D eigenvalue weighted by Crippen LogP contribution is 2.19. The zero-order valence-corrected chi connectivity index (χ0v) is 12.3. The number of piperidine rings is 1. The molecule has 1 saturated heterocycles. The van der Waals surface area contributed by atoms with E-state index in [1.165, 1.54) is 19.3 Å². The van der Waals surface area contributed by atoms with Gasteiger partial charge in [0.2, 0.25) is 5.91 Å². The molecular weight excluding hydrogens is 226 g/mol. The Bertz CT molecular complexity index is 257. The zero-order chi connectivity index (χ0) is 13.5. The van der Waals surface area contributed by atoms with Crippen LogP contribution in [0, 0.1) is 0 Å². The van der Waals surface area contributed by atoms with Crippen LogP contribution in [0.1, 0.15) is 46.5 Å². The molecule has 0 radical (unpaired) electrons. The van der Waals surface area contributed by atoms with Gasteiger partial charge < -0.3 is 10.6 Å². The van der Waals surface area contributed by atoms with E-state index in [-0.39, 0.29) is 11.9 Å². The van der Waals surface area contributed by atoms with Crippen LogP contribution in [0.3, 0.4) is 0 Å². The van der Waals surface area contributed by atoms with Gasteiger partial charge in [0.1, 0.15) is 0 Å². The third-order valence-corrected chi connectivity index (χ3v) is 4.06. The summed E-state index contributed by atoms with van der Waals surface area (Å²) in [5, 5.41) is 6.37. The number of carbonyl (C=O) groups excluding carboxylic acids is 1. The molecule has 1 fully saturated rings. The van der Waals surface area contributed by atoms with E-state index in [9.17, 15) is 4.79 Å². The molecule has 1 heterocycles. The highest BCUT2D eigenvalue weighted by molar-refractivity contribution is 5.78. The van der Waals surface area contributed by atoms with Crippen LogP contribution in [-0.2, 0) is 4.79 Å². The number of likely N-dealkylation sites (tertiary alicyclic amines) is 1. The van der Waals surface area contributed by atoms with Gasteiger partial charge in [0.15, 0.2) is 0 Å². The first-order valence-electron chi connectivity index (χ1n) is 7.29. The first kappa shape index (κ1) is 15.4. The van der Waals surface area contributed by atoms with Crippen molar-refractivity contribution in [3.63, 3.8) is 0 Å². The molecule has 0 spiro atoms. The maximum absolute atomic E-state index is 12.0. The molecule has 2 N–H and O–H groups in total. The second-order valence-electron chi connectivity index (χ2n) is 5.49. The fourth-order valence-electron chi connectivity index (χ4n) is 2.58. The summed E-state index contributed by atoms with van der Waals surface area (Å²) in [5.74, 6) is 0.166. The molecule has 1 aliphatic heterocycles. The fourth-order valence-corrected chi connectivity index (χ4v) is 2.58. The van der Waals surface area contributed by atoms with Gasteiger partial charge in [-0.2, -0.15) is 0 Å². The van der Waals surface area contributed by atoms with Gasteiger partial charge in [-0.25, -0.2) is 0 Å². The van der Waals surface area contributed by atoms with Crippen LogP contribution in [0.2, 0.25) is 0 Å². The van der Waals surface area contributed by atoms with Crippen LogP contribution in [0.25, 0.3) is 0 Å². The second kappa shape index (κ2) is 7.74. The molecule has 1 amide bonds. The Balaban J connectivity index is 2.48. The van der Waals surface area contributed by atoms with Gasteiger partial charge in [0, 0.05) is 18.1 Å². The van der Waals surface area contributed by atoms with E-state index in [2.05, 4.69) is 36.3 Å². The Morgan fingerprint density at radius 3 is 2.72 bits per heavy atom. The molecule has 3 unspecified atom stereocenters. The van der Waals surface area contributed by atoms with Crippen molar-refractivity contribution in [2.24, 2.45) is 0 Å². The smallest absolute Gasteiger partial charge is 0.234 e. The average molecular weight is 255 g/mol. The molecule has 0 saturated carbocycles. The molecule has 0 aromatic heterocycles. The maximum atomic E-state index is 12.0. The Hall–Kier alpha value is -0.610. The summed E-state index contributed by atoms with van der Waals surface area (Å²) in [4.78, 5) is 14.3. The second-order valence-corrected chi connectivity index (χ2v) is 5.49. The predicted octanol–water partition coefficient (Wildman–Crippen LogP) is 1.36. The molecule has 0 aliphatic carbocycles. The average Bonchev–Trinajstić information content (AvgIpc) is 2.38. The minimum absolute atomic E-state index is 0.166. The Morgan fingerprint density at radius 1 is 1.39 bits per heavy atom. The van der Waals surface area contributed by atoms with Crippen LogP contribution in [-0.4, -0.2) is 49.1 Å². The lowest BCUT2D eigenvalue weighted by atomic mass is 9.96. The topological polar surface area (TPSA) is 44.4 Å². The molecular formula is C14H29N3O. The number of nitrogens with zero attached hydrogens (tertiary/aromatic N) is 1. The normalized spacial score (nSPS) is 24.6. The minimum atomic E-state index is 0.166. The molecule has 0 bridgehead atoms. The number of hydrogen-bond acceptors (Lipinski definition) is 3. The molecule has 0 aromatic carbocycles. The first-order chi connectivity index (χ1) is 8.58. The fraction of sp³-hybridized carbons (Fsp3) is 0.929. The summed E-state index contributed by atoms with van der Waals surface area (Å²) in [6.45, 7) is 7.95. The number of hydrogen-bond donors (Lipinski definition) is 2. The SMILES string of the molecule is CCC(C)NC(=O)CN1CCCCC1C(C)NC. The third kappa shape index (κ3) is 4.58. The van der Waals surface area contributed by atoms with Crippen molar-refractivity contribution in [2.45, 2.75) is 64.6 Å². The van der Waals surface area contributed by atoms with Crippen molar-refractivity contribution in [2.75, 3.05) is 20.1 Å². The quantitative estimate of drug-likeness (QED) is 0.753. The Kier molecular flexibility index (Phi) is 6.65. The van der Waals surface area contributed by atoms with E-state index in [1.807, 2.05) is 7.05 Å². The van der Waals surface area contributed by atoms with Crippen molar-refractivity contribution in [1.29, 1.82) is 0 Å². The van der Waals surface area contributed by atoms with E-state index in [1.54, 1.807) is 0 Å². The van der Waals surface area contributed by atoms with Crippen molar-refractivity contribution in [3.8, 4) is 0 Å².